The Morgan fingerprint density at radius 3 is 2.54 bits per heavy atom. The van der Waals surface area contributed by atoms with Crippen LogP contribution in [0, 0.1) is 6.92 Å². The molecule has 5 nitrogen and oxygen atoms in total. The zero-order valence-corrected chi connectivity index (χ0v) is 15.4. The highest BCUT2D eigenvalue weighted by Crippen LogP contribution is 2.37. The van der Waals surface area contributed by atoms with Crippen LogP contribution in [0.3, 0.4) is 0 Å². The monoisotopic (exact) mass is 422 g/mol. The second-order valence-electron chi connectivity index (χ2n) is 5.19. The molecule has 3 aromatic rings. The fraction of sp³-hybridized carbons (Fsp3) is 0.133. The molecule has 0 spiro atoms. The van der Waals surface area contributed by atoms with Gasteiger partial charge in [-0.15, -0.1) is 11.3 Å². The molecule has 2 aromatic heterocycles. The molecular formula is C15H10ClF3N2O3S2. The predicted octanol–water partition coefficient (Wildman–Crippen LogP) is 5.18. The third-order valence-corrected chi connectivity index (χ3v) is 6.35. The number of aromatic nitrogens is 1. The van der Waals surface area contributed by atoms with Gasteiger partial charge >= 0.3 is 6.18 Å². The summed E-state index contributed by atoms with van der Waals surface area (Å²) in [5.74, 6) is -1.25. The van der Waals surface area contributed by atoms with Crippen LogP contribution in [0.1, 0.15) is 10.6 Å². The summed E-state index contributed by atoms with van der Waals surface area (Å²) in [6, 6.07) is 8.26. The molecule has 11 heteroatoms. The molecule has 0 bridgehead atoms. The number of thiophene rings is 1. The van der Waals surface area contributed by atoms with Crippen molar-refractivity contribution in [3.05, 3.63) is 52.1 Å². The lowest BCUT2D eigenvalue weighted by molar-refractivity contribution is -0.155. The lowest BCUT2D eigenvalue weighted by Crippen LogP contribution is -2.13. The van der Waals surface area contributed by atoms with E-state index in [4.69, 9.17) is 11.6 Å². The van der Waals surface area contributed by atoms with Crippen molar-refractivity contribution in [3.8, 4) is 10.6 Å². The average Bonchev–Trinajstić information content (AvgIpc) is 3.15. The van der Waals surface area contributed by atoms with Crippen LogP contribution in [0.4, 0.5) is 18.9 Å². The molecule has 3 rings (SSSR count). The van der Waals surface area contributed by atoms with Crippen molar-refractivity contribution in [3.63, 3.8) is 0 Å². The molecule has 0 saturated carbocycles. The number of hydrogen-bond acceptors (Lipinski definition) is 5. The average molecular weight is 423 g/mol. The van der Waals surface area contributed by atoms with Crippen LogP contribution in [-0.2, 0) is 16.2 Å². The predicted molar refractivity (Wildman–Crippen MR) is 91.8 cm³/mol. The Hall–Kier alpha value is -2.04. The lowest BCUT2D eigenvalue weighted by atomic mass is 10.3. The van der Waals surface area contributed by atoms with E-state index in [1.54, 1.807) is 19.1 Å². The maximum absolute atomic E-state index is 12.6. The molecule has 0 atom stereocenters. The summed E-state index contributed by atoms with van der Waals surface area (Å²) in [5.41, 5.74) is 0.103. The highest BCUT2D eigenvalue weighted by molar-refractivity contribution is 7.93. The number of sulfonamides is 1. The molecule has 2 heterocycles. The van der Waals surface area contributed by atoms with Crippen LogP contribution in [0.15, 0.2) is 45.8 Å². The molecule has 138 valence electrons. The third kappa shape index (κ3) is 3.71. The summed E-state index contributed by atoms with van der Waals surface area (Å²) in [7, 11) is -3.98. The first-order valence-electron chi connectivity index (χ1n) is 7.00. The molecule has 0 aliphatic rings. The summed E-state index contributed by atoms with van der Waals surface area (Å²) >= 11 is 6.94. The van der Waals surface area contributed by atoms with E-state index in [9.17, 15) is 21.6 Å². The van der Waals surface area contributed by atoms with E-state index in [0.29, 0.717) is 4.88 Å². The number of halogens is 4. The zero-order valence-electron chi connectivity index (χ0n) is 13.0. The van der Waals surface area contributed by atoms with Crippen molar-refractivity contribution in [2.24, 2.45) is 0 Å². The molecule has 1 aromatic carbocycles. The van der Waals surface area contributed by atoms with Crippen LogP contribution in [0.5, 0.6) is 0 Å². The summed E-state index contributed by atoms with van der Waals surface area (Å²) in [6.07, 6.45) is -4.67. The highest BCUT2D eigenvalue weighted by atomic mass is 35.5. The topological polar surface area (TPSA) is 72.2 Å². The fourth-order valence-corrected chi connectivity index (χ4v) is 4.99. The molecular weight excluding hydrogens is 413 g/mol. The van der Waals surface area contributed by atoms with Crippen molar-refractivity contribution in [1.82, 2.24) is 5.16 Å². The molecule has 0 aliphatic heterocycles. The fourth-order valence-electron chi connectivity index (χ4n) is 2.13. The van der Waals surface area contributed by atoms with Gasteiger partial charge in [0, 0.05) is 10.9 Å². The van der Waals surface area contributed by atoms with E-state index in [-0.39, 0.29) is 26.2 Å². The lowest BCUT2D eigenvalue weighted by Gasteiger charge is -2.08. The minimum Gasteiger partial charge on any atom is -0.351 e. The minimum absolute atomic E-state index is 0.0750. The molecule has 0 unspecified atom stereocenters. The number of hydrogen-bond donors (Lipinski definition) is 1. The number of para-hydroxylation sites is 1. The summed E-state index contributed by atoms with van der Waals surface area (Å²) in [4.78, 5) is 0.548. The smallest absolute Gasteiger partial charge is 0.351 e. The Morgan fingerprint density at radius 1 is 1.23 bits per heavy atom. The molecule has 0 amide bonds. The Morgan fingerprint density at radius 2 is 1.92 bits per heavy atom. The first kappa shape index (κ1) is 18.7. The van der Waals surface area contributed by atoms with Crippen LogP contribution in [0.2, 0.25) is 5.02 Å². The number of anilines is 1. The maximum atomic E-state index is 12.6. The normalized spacial score (nSPS) is 12.3. The number of nitrogens with one attached hydrogen (secondary N) is 1. The largest absolute Gasteiger partial charge is 0.452 e. The number of rotatable bonds is 4. The van der Waals surface area contributed by atoms with E-state index in [2.05, 4.69) is 14.4 Å². The number of nitrogens with zero attached hydrogens (tertiary/aromatic N) is 1. The van der Waals surface area contributed by atoms with E-state index in [1.807, 2.05) is 0 Å². The van der Waals surface area contributed by atoms with E-state index >= 15 is 0 Å². The van der Waals surface area contributed by atoms with Crippen molar-refractivity contribution >= 4 is 38.6 Å². The number of aryl methyl sites for hydroxylation is 1. The van der Waals surface area contributed by atoms with Gasteiger partial charge in [-0.2, -0.15) is 13.2 Å². The molecule has 0 saturated heterocycles. The van der Waals surface area contributed by atoms with Crippen LogP contribution in [-0.4, -0.2) is 13.6 Å². The highest BCUT2D eigenvalue weighted by Gasteiger charge is 2.36. The van der Waals surface area contributed by atoms with E-state index in [1.165, 1.54) is 18.2 Å². The second-order valence-corrected chi connectivity index (χ2v) is 8.50. The van der Waals surface area contributed by atoms with E-state index in [0.717, 1.165) is 17.4 Å². The third-order valence-electron chi connectivity index (χ3n) is 3.32. The van der Waals surface area contributed by atoms with Gasteiger partial charge in [0.25, 0.3) is 10.0 Å². The van der Waals surface area contributed by atoms with Crippen molar-refractivity contribution in [2.75, 3.05) is 4.72 Å². The van der Waals surface area contributed by atoms with Crippen LogP contribution >= 0.6 is 22.9 Å². The number of alkyl halides is 3. The standard InChI is InChI=1S/C15H10ClF3N2O3S2/c1-8-13(26(22,23)21-10-5-3-2-4-9(10)16)7-12(25-8)11-6-14(24-20-11)15(17,18)19/h2-7,21H,1H3. The van der Waals surface area contributed by atoms with Gasteiger partial charge in [0.1, 0.15) is 10.6 Å². The number of benzene rings is 1. The molecule has 26 heavy (non-hydrogen) atoms. The Labute approximate surface area is 155 Å². The van der Waals surface area contributed by atoms with Gasteiger partial charge in [-0.25, -0.2) is 8.42 Å². The molecule has 0 radical (unpaired) electrons. The SMILES string of the molecule is Cc1sc(-c2cc(C(F)(F)F)on2)cc1S(=O)(=O)Nc1ccccc1Cl. The van der Waals surface area contributed by atoms with Gasteiger partial charge in [-0.3, -0.25) is 4.72 Å². The summed E-state index contributed by atoms with van der Waals surface area (Å²) in [5, 5.41) is 3.58. The quantitative estimate of drug-likeness (QED) is 0.628. The molecule has 0 aliphatic carbocycles. The van der Waals surface area contributed by atoms with E-state index < -0.39 is 22.0 Å². The van der Waals surface area contributed by atoms with Crippen molar-refractivity contribution < 1.29 is 26.1 Å². The van der Waals surface area contributed by atoms with Crippen molar-refractivity contribution in [2.45, 2.75) is 18.0 Å². The van der Waals surface area contributed by atoms with Crippen LogP contribution in [0.25, 0.3) is 10.6 Å². The Kier molecular flexibility index (Phi) is 4.76. The van der Waals surface area contributed by atoms with Gasteiger partial charge in [0.15, 0.2) is 0 Å². The van der Waals surface area contributed by atoms with Crippen LogP contribution < -0.4 is 4.72 Å². The van der Waals surface area contributed by atoms with Crippen molar-refractivity contribution in [1.29, 1.82) is 0 Å². The van der Waals surface area contributed by atoms with Gasteiger partial charge < -0.3 is 4.52 Å². The summed E-state index contributed by atoms with van der Waals surface area (Å²) in [6.45, 7) is 1.54. The van der Waals surface area contributed by atoms with Gasteiger partial charge in [-0.05, 0) is 25.1 Å². The second kappa shape index (κ2) is 6.60. The Balaban J connectivity index is 1.95. The molecule has 1 N–H and O–H groups in total. The van der Waals surface area contributed by atoms with Gasteiger partial charge in [0.2, 0.25) is 5.76 Å². The zero-order chi connectivity index (χ0) is 19.1. The maximum Gasteiger partial charge on any atom is 0.452 e. The first-order valence-corrected chi connectivity index (χ1v) is 9.68. The minimum atomic E-state index is -4.67. The first-order chi connectivity index (χ1) is 12.1. The Bertz CT molecular complexity index is 1060. The van der Waals surface area contributed by atoms with Gasteiger partial charge in [0.05, 0.1) is 15.6 Å². The summed E-state index contributed by atoms with van der Waals surface area (Å²) < 4.78 is 69.7. The van der Waals surface area contributed by atoms with Gasteiger partial charge in [-0.1, -0.05) is 28.9 Å². The molecule has 0 fully saturated rings.